The molecule has 2 rings (SSSR count). The lowest BCUT2D eigenvalue weighted by atomic mass is 9.85. The predicted molar refractivity (Wildman–Crippen MR) is 173 cm³/mol. The van der Waals surface area contributed by atoms with Crippen molar-refractivity contribution in [2.24, 2.45) is 5.92 Å². The fourth-order valence-electron chi connectivity index (χ4n) is 6.08. The number of nitrogens with zero attached hydrogens (tertiary/aromatic N) is 2. The van der Waals surface area contributed by atoms with E-state index in [0.29, 0.717) is 44.5 Å². The van der Waals surface area contributed by atoms with E-state index in [2.05, 4.69) is 17.2 Å². The minimum absolute atomic E-state index is 0.00813. The fourth-order valence-corrected chi connectivity index (χ4v) is 7.41. The number of piperidine rings is 1. The lowest BCUT2D eigenvalue weighted by molar-refractivity contribution is -0.129. The van der Waals surface area contributed by atoms with E-state index in [1.165, 1.54) is 17.0 Å². The van der Waals surface area contributed by atoms with Crippen LogP contribution in [0.5, 0.6) is 0 Å². The summed E-state index contributed by atoms with van der Waals surface area (Å²) in [5.41, 5.74) is -0.392. The van der Waals surface area contributed by atoms with Gasteiger partial charge >= 0.3 is 0 Å². The third-order valence-electron chi connectivity index (χ3n) is 8.83. The van der Waals surface area contributed by atoms with Gasteiger partial charge in [0.2, 0.25) is 5.91 Å². The number of halogens is 5. The van der Waals surface area contributed by atoms with Crippen molar-refractivity contribution in [3.63, 3.8) is 0 Å². The normalized spacial score (nSPS) is 17.1. The predicted octanol–water partition coefficient (Wildman–Crippen LogP) is 6.79. The number of nitrogens with one attached hydrogen (secondary N) is 2. The largest absolute Gasteiger partial charge is 0.357 e. The highest BCUT2D eigenvalue weighted by atomic mass is 32.2. The van der Waals surface area contributed by atoms with E-state index in [-0.39, 0.29) is 56.0 Å². The zero-order valence-corrected chi connectivity index (χ0v) is 28.8. The molecule has 0 bridgehead atoms. The van der Waals surface area contributed by atoms with Crippen molar-refractivity contribution in [2.45, 2.75) is 122 Å². The van der Waals surface area contributed by atoms with Crippen molar-refractivity contribution in [2.75, 3.05) is 25.4 Å². The number of sulfone groups is 1. The van der Waals surface area contributed by atoms with Crippen LogP contribution in [0.1, 0.15) is 97.1 Å². The van der Waals surface area contributed by atoms with Gasteiger partial charge in [-0.25, -0.2) is 30.4 Å². The number of hydrogen-bond donors (Lipinski definition) is 2. The van der Waals surface area contributed by atoms with Crippen molar-refractivity contribution >= 4 is 15.7 Å². The molecule has 1 fully saturated rings. The molecule has 3 atom stereocenters. The van der Waals surface area contributed by atoms with E-state index in [1.807, 2.05) is 0 Å². The van der Waals surface area contributed by atoms with Crippen molar-refractivity contribution in [1.82, 2.24) is 20.4 Å². The van der Waals surface area contributed by atoms with Gasteiger partial charge < -0.3 is 5.32 Å². The maximum absolute atomic E-state index is 15.3. The maximum Gasteiger partial charge on any atom is 0.278 e. The average molecular weight is 681 g/mol. The highest BCUT2D eigenvalue weighted by molar-refractivity contribution is 7.91. The number of rotatable bonds is 20. The Morgan fingerprint density at radius 3 is 2.33 bits per heavy atom. The molecule has 3 unspecified atom stereocenters. The molecule has 13 heteroatoms. The summed E-state index contributed by atoms with van der Waals surface area (Å²) in [5, 5.41) is 5.23. The number of hydrogen-bond acceptors (Lipinski definition) is 6. The molecular weight excluding hydrogens is 627 g/mol. The number of carbonyl (C=O) groups is 1. The fraction of sp³-hybridized carbons (Fsp3) is 0.727. The monoisotopic (exact) mass is 680 g/mol. The molecule has 1 aliphatic rings. The molecule has 46 heavy (non-hydrogen) atoms. The second-order valence-corrected chi connectivity index (χ2v) is 14.6. The molecule has 1 heterocycles. The molecule has 7 nitrogen and oxygen atoms in total. The molecule has 0 aromatic heterocycles. The average Bonchev–Trinajstić information content (AvgIpc) is 3.00. The number of amides is 1. The minimum atomic E-state index is -3.39. The van der Waals surface area contributed by atoms with E-state index in [0.717, 1.165) is 6.07 Å². The Morgan fingerprint density at radius 1 is 1.11 bits per heavy atom. The standard InChI is InChI=1S/C33H53F5N4O3S/c1-7-22-46(44,45)25(6)40-23(4)39-24(5)42(30(43)9-3)19-12-10-11-16-29(32(35)36)41-20-17-27(18-21-41)33(37,38)28-15-13-14-26(8-2)31(28)34/h13-15,23,25,27,29,32,39-40H,5,7-12,16-22H2,1-4,6H3. The first-order valence-corrected chi connectivity index (χ1v) is 18.2. The summed E-state index contributed by atoms with van der Waals surface area (Å²) in [6.07, 6.45) is -0.390. The molecule has 0 saturated carbocycles. The second kappa shape index (κ2) is 18.3. The zero-order chi connectivity index (χ0) is 34.7. The number of carbonyl (C=O) groups excluding carboxylic acids is 1. The van der Waals surface area contributed by atoms with Gasteiger partial charge in [0.25, 0.3) is 12.3 Å². The van der Waals surface area contributed by atoms with Crippen molar-refractivity contribution in [3.05, 3.63) is 47.5 Å². The zero-order valence-electron chi connectivity index (χ0n) is 27.9. The molecule has 0 aliphatic carbocycles. The van der Waals surface area contributed by atoms with Gasteiger partial charge in [0.15, 0.2) is 9.84 Å². The first-order valence-electron chi connectivity index (χ1n) is 16.5. The van der Waals surface area contributed by atoms with Gasteiger partial charge in [-0.05, 0) is 71.0 Å². The second-order valence-electron chi connectivity index (χ2n) is 12.2. The molecule has 1 aliphatic heterocycles. The van der Waals surface area contributed by atoms with Crippen molar-refractivity contribution in [3.8, 4) is 0 Å². The van der Waals surface area contributed by atoms with E-state index >= 15 is 8.78 Å². The number of benzene rings is 1. The highest BCUT2D eigenvalue weighted by Crippen LogP contribution is 2.43. The van der Waals surface area contributed by atoms with Crippen LogP contribution in [-0.4, -0.2) is 73.5 Å². The van der Waals surface area contributed by atoms with E-state index in [1.54, 1.807) is 39.5 Å². The quantitative estimate of drug-likeness (QED) is 0.0897. The minimum Gasteiger partial charge on any atom is -0.357 e. The number of likely N-dealkylation sites (tertiary alicyclic amines) is 1. The Balaban J connectivity index is 1.88. The third-order valence-corrected chi connectivity index (χ3v) is 11.0. The van der Waals surface area contributed by atoms with Crippen LogP contribution in [0.15, 0.2) is 30.6 Å². The van der Waals surface area contributed by atoms with Crippen LogP contribution in [0.25, 0.3) is 0 Å². The molecule has 264 valence electrons. The van der Waals surface area contributed by atoms with Gasteiger partial charge in [0.1, 0.15) is 17.0 Å². The molecule has 2 N–H and O–H groups in total. The molecule has 0 radical (unpaired) electrons. The molecule has 1 saturated heterocycles. The van der Waals surface area contributed by atoms with Crippen LogP contribution in [0.4, 0.5) is 22.0 Å². The van der Waals surface area contributed by atoms with Crippen LogP contribution in [0.3, 0.4) is 0 Å². The SMILES string of the molecule is C=C(NC(C)NC(C)S(=O)(=O)CCC)N(CCCCCC(C(F)F)N1CCC(C(F)(F)c2cccc(CC)c2F)CC1)C(=O)CC. The lowest BCUT2D eigenvalue weighted by Gasteiger charge is -2.39. The summed E-state index contributed by atoms with van der Waals surface area (Å²) in [6, 6.07) is 2.96. The summed E-state index contributed by atoms with van der Waals surface area (Å²) < 4.78 is 98.1. The molecule has 0 spiro atoms. The summed E-state index contributed by atoms with van der Waals surface area (Å²) in [6.45, 7) is 12.9. The molecular formula is C33H53F5N4O3S. The Bertz CT molecular complexity index is 1230. The molecule has 1 aromatic carbocycles. The first kappa shape index (κ1) is 39.9. The smallest absolute Gasteiger partial charge is 0.278 e. The van der Waals surface area contributed by atoms with Crippen LogP contribution in [-0.2, 0) is 27.0 Å². The van der Waals surface area contributed by atoms with Crippen molar-refractivity contribution in [1.29, 1.82) is 0 Å². The molecule has 1 aromatic rings. The lowest BCUT2D eigenvalue weighted by Crippen LogP contribution is -2.50. The summed E-state index contributed by atoms with van der Waals surface area (Å²) >= 11 is 0. The Kier molecular flexibility index (Phi) is 15.9. The van der Waals surface area contributed by atoms with Crippen molar-refractivity contribution < 1.29 is 35.2 Å². The number of alkyl halides is 4. The van der Waals surface area contributed by atoms with Crippen LogP contribution >= 0.6 is 0 Å². The highest BCUT2D eigenvalue weighted by Gasteiger charge is 2.45. The topological polar surface area (TPSA) is 81.8 Å². The van der Waals surface area contributed by atoms with Crippen LogP contribution < -0.4 is 10.6 Å². The maximum atomic E-state index is 15.3. The Morgan fingerprint density at radius 2 is 1.76 bits per heavy atom. The summed E-state index contributed by atoms with van der Waals surface area (Å²) in [7, 11) is -3.31. The van der Waals surface area contributed by atoms with Gasteiger partial charge in [0.05, 0.1) is 23.5 Å². The van der Waals surface area contributed by atoms with E-state index < -0.39 is 57.1 Å². The Labute approximate surface area is 272 Å². The number of aryl methyl sites for hydroxylation is 1. The van der Waals surface area contributed by atoms with E-state index in [9.17, 15) is 26.4 Å². The Hall–Kier alpha value is -2.25. The van der Waals surface area contributed by atoms with Gasteiger partial charge in [-0.2, -0.15) is 0 Å². The van der Waals surface area contributed by atoms with Gasteiger partial charge in [0, 0.05) is 18.9 Å². The van der Waals surface area contributed by atoms with Crippen LogP contribution in [0.2, 0.25) is 0 Å². The summed E-state index contributed by atoms with van der Waals surface area (Å²) in [5.74, 6) is -5.21. The van der Waals surface area contributed by atoms with Crippen LogP contribution in [0, 0.1) is 11.7 Å². The molecule has 1 amide bonds. The first-order chi connectivity index (χ1) is 21.6. The van der Waals surface area contributed by atoms with Gasteiger partial charge in [-0.1, -0.05) is 58.4 Å². The van der Waals surface area contributed by atoms with E-state index in [4.69, 9.17) is 0 Å². The number of unbranched alkanes of at least 4 members (excludes halogenated alkanes) is 2. The van der Waals surface area contributed by atoms with Gasteiger partial charge in [-0.3, -0.25) is 19.9 Å². The van der Waals surface area contributed by atoms with Gasteiger partial charge in [-0.15, -0.1) is 0 Å². The summed E-state index contributed by atoms with van der Waals surface area (Å²) in [4.78, 5) is 15.7. The third kappa shape index (κ3) is 10.9.